The van der Waals surface area contributed by atoms with Crippen molar-refractivity contribution in [3.63, 3.8) is 0 Å². The number of rotatable bonds is 9. The van der Waals surface area contributed by atoms with Crippen molar-refractivity contribution in [1.82, 2.24) is 15.3 Å². The summed E-state index contributed by atoms with van der Waals surface area (Å²) in [5.41, 5.74) is 6.36. The van der Waals surface area contributed by atoms with Crippen LogP contribution in [0.4, 0.5) is 5.69 Å². The molecule has 0 saturated carbocycles. The maximum absolute atomic E-state index is 10.0. The molecule has 0 aliphatic carbocycles. The van der Waals surface area contributed by atoms with Crippen LogP contribution in [0, 0.1) is 12.3 Å². The first-order chi connectivity index (χ1) is 17.5. The first kappa shape index (κ1) is 33.3. The molecule has 0 spiro atoms. The monoisotopic (exact) mass is 497 g/mol. The second kappa shape index (κ2) is 21.5. The fourth-order valence-electron chi connectivity index (χ4n) is 3.90. The van der Waals surface area contributed by atoms with E-state index in [9.17, 15) is 4.79 Å². The second-order valence-corrected chi connectivity index (χ2v) is 8.53. The average Bonchev–Trinajstić information content (AvgIpc) is 3.43. The molecule has 6 heteroatoms. The fourth-order valence-corrected chi connectivity index (χ4v) is 3.90. The van der Waals surface area contributed by atoms with Crippen molar-refractivity contribution in [2.45, 2.75) is 87.0 Å². The number of ketones is 1. The molecule has 2 aromatic heterocycles. The van der Waals surface area contributed by atoms with Crippen LogP contribution < -0.4 is 10.2 Å². The molecule has 3 heterocycles. The van der Waals surface area contributed by atoms with Crippen molar-refractivity contribution in [2.75, 3.05) is 31.1 Å². The van der Waals surface area contributed by atoms with Crippen LogP contribution in [0.3, 0.4) is 0 Å². The van der Waals surface area contributed by atoms with E-state index >= 15 is 0 Å². The number of aryl methyl sites for hydroxylation is 1. The van der Waals surface area contributed by atoms with Crippen LogP contribution in [0.2, 0.25) is 0 Å². The Morgan fingerprint density at radius 2 is 1.75 bits per heavy atom. The number of aromatic amines is 1. The van der Waals surface area contributed by atoms with E-state index in [2.05, 4.69) is 47.0 Å². The van der Waals surface area contributed by atoms with Crippen molar-refractivity contribution in [1.29, 1.82) is 5.41 Å². The van der Waals surface area contributed by atoms with Crippen molar-refractivity contribution in [3.8, 4) is 0 Å². The molecule has 3 rings (SSSR count). The summed E-state index contributed by atoms with van der Waals surface area (Å²) in [5.74, 6) is 0.289. The van der Waals surface area contributed by atoms with Crippen LogP contribution in [0.25, 0.3) is 5.57 Å². The lowest BCUT2D eigenvalue weighted by molar-refractivity contribution is -0.117. The highest BCUT2D eigenvalue weighted by molar-refractivity contribution is 5.81. The number of hydrogen-bond donors (Lipinski definition) is 3. The number of pyridine rings is 1. The molecule has 3 N–H and O–H groups in total. The van der Waals surface area contributed by atoms with Gasteiger partial charge in [0.2, 0.25) is 0 Å². The summed E-state index contributed by atoms with van der Waals surface area (Å²) in [6.07, 6.45) is 13.2. The Balaban J connectivity index is 0.000000541. The number of carbonyl (C=O) groups is 1. The third kappa shape index (κ3) is 13.4. The molecule has 2 aromatic rings. The van der Waals surface area contributed by atoms with E-state index in [4.69, 9.17) is 5.41 Å². The zero-order chi connectivity index (χ0) is 27.2. The minimum atomic E-state index is 0.289. The number of Topliss-reactive ketones (excluding diaryl/α,β-unsaturated/α-hetero) is 1. The van der Waals surface area contributed by atoms with Gasteiger partial charge in [0.1, 0.15) is 5.78 Å². The molecule has 0 amide bonds. The Morgan fingerprint density at radius 1 is 1.08 bits per heavy atom. The average molecular weight is 498 g/mol. The SMILES string of the molecule is CC.CCC/C(=C/C=N)c1ccc[nH]1.CCCC(C)=O.CCCc1c(N2CCNCC2)ccnc1C. The van der Waals surface area contributed by atoms with Crippen LogP contribution in [0.5, 0.6) is 0 Å². The lowest BCUT2D eigenvalue weighted by Crippen LogP contribution is -2.44. The number of piperazine rings is 1. The van der Waals surface area contributed by atoms with Crippen LogP contribution >= 0.6 is 0 Å². The predicted octanol–water partition coefficient (Wildman–Crippen LogP) is 7.00. The second-order valence-electron chi connectivity index (χ2n) is 8.53. The highest BCUT2D eigenvalue weighted by atomic mass is 16.1. The fraction of sp³-hybridized carbons (Fsp3) is 0.567. The largest absolute Gasteiger partial charge is 0.369 e. The van der Waals surface area contributed by atoms with Gasteiger partial charge in [-0.05, 0) is 68.5 Å². The van der Waals surface area contributed by atoms with E-state index in [1.165, 1.54) is 35.2 Å². The van der Waals surface area contributed by atoms with Gasteiger partial charge in [-0.15, -0.1) is 0 Å². The summed E-state index contributed by atoms with van der Waals surface area (Å²) < 4.78 is 0. The van der Waals surface area contributed by atoms with Gasteiger partial charge >= 0.3 is 0 Å². The molecule has 1 aliphatic heterocycles. The molecule has 36 heavy (non-hydrogen) atoms. The Bertz CT molecular complexity index is 852. The van der Waals surface area contributed by atoms with Gasteiger partial charge in [0.25, 0.3) is 0 Å². The molecule has 1 saturated heterocycles. The molecule has 202 valence electrons. The molecule has 0 unspecified atom stereocenters. The third-order valence-corrected chi connectivity index (χ3v) is 5.55. The van der Waals surface area contributed by atoms with E-state index in [1.807, 2.05) is 51.4 Å². The summed E-state index contributed by atoms with van der Waals surface area (Å²) in [6, 6.07) is 6.18. The maximum atomic E-state index is 10.0. The van der Waals surface area contributed by atoms with Gasteiger partial charge in [0, 0.05) is 68.3 Å². The molecule has 0 bridgehead atoms. The van der Waals surface area contributed by atoms with Crippen molar-refractivity contribution >= 4 is 23.3 Å². The number of H-pyrrole nitrogens is 1. The summed E-state index contributed by atoms with van der Waals surface area (Å²) in [4.78, 5) is 20.1. The van der Waals surface area contributed by atoms with E-state index in [0.717, 1.165) is 64.0 Å². The molecule has 0 atom stereocenters. The standard InChI is InChI=1S/C13H21N3.C10H14N2.C5H10O.C2H6/c1-3-4-12-11(2)15-6-5-13(12)16-9-7-14-8-10-16;1-2-4-9(6-7-11)10-5-3-8-12-10;1-3-4-5(2)6;1-2/h5-6,14H,3-4,7-10H2,1-2H3;3,5-8,11-12H,2,4H2,1H3;3-4H2,1-2H3;1-2H3/b;9-6-,11-7?;;. The van der Waals surface area contributed by atoms with Crippen molar-refractivity contribution in [3.05, 3.63) is 53.6 Å². The van der Waals surface area contributed by atoms with E-state index in [1.54, 1.807) is 6.92 Å². The number of anilines is 1. The number of aromatic nitrogens is 2. The smallest absolute Gasteiger partial charge is 0.129 e. The molecule has 0 radical (unpaired) electrons. The summed E-state index contributed by atoms with van der Waals surface area (Å²) in [6.45, 7) is 18.5. The van der Waals surface area contributed by atoms with E-state index in [-0.39, 0.29) is 5.78 Å². The van der Waals surface area contributed by atoms with Gasteiger partial charge in [-0.3, -0.25) is 4.98 Å². The maximum Gasteiger partial charge on any atom is 0.129 e. The number of nitrogens with one attached hydrogen (secondary N) is 3. The van der Waals surface area contributed by atoms with E-state index < -0.39 is 0 Å². The Kier molecular flexibility index (Phi) is 19.9. The summed E-state index contributed by atoms with van der Waals surface area (Å²) in [5, 5.41) is 10.4. The predicted molar refractivity (Wildman–Crippen MR) is 157 cm³/mol. The van der Waals surface area contributed by atoms with Crippen molar-refractivity contribution in [2.24, 2.45) is 0 Å². The minimum Gasteiger partial charge on any atom is -0.369 e. The number of carbonyl (C=O) groups excluding carboxylic acids is 1. The minimum absolute atomic E-state index is 0.289. The zero-order valence-corrected chi connectivity index (χ0v) is 23.9. The van der Waals surface area contributed by atoms with Gasteiger partial charge in [0.15, 0.2) is 0 Å². The number of allylic oxidation sites excluding steroid dienone is 2. The Morgan fingerprint density at radius 3 is 2.22 bits per heavy atom. The summed E-state index contributed by atoms with van der Waals surface area (Å²) in [7, 11) is 0. The Hall–Kier alpha value is -2.73. The zero-order valence-electron chi connectivity index (χ0n) is 23.9. The van der Waals surface area contributed by atoms with Crippen LogP contribution in [-0.2, 0) is 11.2 Å². The number of hydrogen-bond acceptors (Lipinski definition) is 5. The van der Waals surface area contributed by atoms with Gasteiger partial charge in [-0.1, -0.05) is 47.5 Å². The molecule has 6 nitrogen and oxygen atoms in total. The normalized spacial score (nSPS) is 12.8. The van der Waals surface area contributed by atoms with Crippen molar-refractivity contribution < 1.29 is 4.79 Å². The molecule has 1 fully saturated rings. The van der Waals surface area contributed by atoms with Gasteiger partial charge in [0.05, 0.1) is 0 Å². The third-order valence-electron chi connectivity index (χ3n) is 5.55. The quantitative estimate of drug-likeness (QED) is 0.326. The van der Waals surface area contributed by atoms with Crippen LogP contribution in [0.1, 0.15) is 90.6 Å². The summed E-state index contributed by atoms with van der Waals surface area (Å²) >= 11 is 0. The van der Waals surface area contributed by atoms with Gasteiger partial charge in [-0.2, -0.15) is 0 Å². The van der Waals surface area contributed by atoms with E-state index in [0.29, 0.717) is 0 Å². The Labute approximate surface area is 220 Å². The van der Waals surface area contributed by atoms with Gasteiger partial charge in [-0.25, -0.2) is 0 Å². The first-order valence-corrected chi connectivity index (χ1v) is 13.7. The lowest BCUT2D eigenvalue weighted by atomic mass is 10.1. The molecule has 1 aliphatic rings. The van der Waals surface area contributed by atoms with Crippen LogP contribution in [0.15, 0.2) is 36.7 Å². The van der Waals surface area contributed by atoms with Gasteiger partial charge < -0.3 is 25.4 Å². The highest BCUT2D eigenvalue weighted by Gasteiger charge is 2.15. The first-order valence-electron chi connectivity index (χ1n) is 13.7. The lowest BCUT2D eigenvalue weighted by Gasteiger charge is -2.31. The molecule has 0 aromatic carbocycles. The number of nitrogens with zero attached hydrogens (tertiary/aromatic N) is 2. The topological polar surface area (TPSA) is 84.9 Å². The highest BCUT2D eigenvalue weighted by Crippen LogP contribution is 2.24. The van der Waals surface area contributed by atoms with Crippen LogP contribution in [-0.4, -0.2) is 48.1 Å². The molecular weight excluding hydrogens is 446 g/mol. The molecular formula is C30H51N5O.